The third-order valence-corrected chi connectivity index (χ3v) is 3.59. The predicted molar refractivity (Wildman–Crippen MR) is 79.9 cm³/mol. The molecule has 0 aliphatic heterocycles. The van der Waals surface area contributed by atoms with Gasteiger partial charge in [0.25, 0.3) is 0 Å². The molecule has 0 aliphatic rings. The van der Waals surface area contributed by atoms with Crippen molar-refractivity contribution in [1.29, 1.82) is 0 Å². The van der Waals surface area contributed by atoms with Crippen molar-refractivity contribution in [1.82, 2.24) is 4.98 Å². The molecule has 18 heavy (non-hydrogen) atoms. The molecule has 3 heteroatoms. The normalized spacial score (nSPS) is 12.1. The zero-order chi connectivity index (χ0) is 13.3. The van der Waals surface area contributed by atoms with Gasteiger partial charge in [-0.1, -0.05) is 38.4 Å². The summed E-state index contributed by atoms with van der Waals surface area (Å²) >= 11 is 11.9. The molecular weight excluding hydrogens is 265 g/mol. The van der Waals surface area contributed by atoms with Crippen LogP contribution in [0.3, 0.4) is 0 Å². The Labute approximate surface area is 118 Å². The lowest BCUT2D eigenvalue weighted by Crippen LogP contribution is -2.10. The number of halogens is 2. The Morgan fingerprint density at radius 2 is 1.89 bits per heavy atom. The standard InChI is InChI=1S/C15H17Cl2N/c1-15(2,3)12-4-5-13-11(9-12)8-10(6-7-16)14(17)18-13/h4-5,8-9H,6-7H2,1-3H3. The molecule has 1 heterocycles. The minimum absolute atomic E-state index is 0.139. The molecule has 0 aliphatic carbocycles. The maximum Gasteiger partial charge on any atom is 0.133 e. The SMILES string of the molecule is CC(C)(C)c1ccc2nc(Cl)c(CCCl)cc2c1. The van der Waals surface area contributed by atoms with Gasteiger partial charge in [-0.15, -0.1) is 11.6 Å². The summed E-state index contributed by atoms with van der Waals surface area (Å²) in [6.07, 6.45) is 0.753. The summed E-state index contributed by atoms with van der Waals surface area (Å²) in [5.74, 6) is 0.561. The highest BCUT2D eigenvalue weighted by molar-refractivity contribution is 6.30. The van der Waals surface area contributed by atoms with E-state index in [0.29, 0.717) is 11.0 Å². The largest absolute Gasteiger partial charge is 0.236 e. The number of alkyl halides is 1. The number of pyridine rings is 1. The van der Waals surface area contributed by atoms with Crippen LogP contribution in [0, 0.1) is 0 Å². The first-order chi connectivity index (χ1) is 8.41. The van der Waals surface area contributed by atoms with Crippen LogP contribution in [0.25, 0.3) is 10.9 Å². The number of hydrogen-bond acceptors (Lipinski definition) is 1. The molecule has 0 saturated heterocycles. The van der Waals surface area contributed by atoms with Gasteiger partial charge in [-0.3, -0.25) is 0 Å². The maximum atomic E-state index is 6.14. The highest BCUT2D eigenvalue weighted by Crippen LogP contribution is 2.27. The summed E-state index contributed by atoms with van der Waals surface area (Å²) in [6, 6.07) is 8.44. The Bertz CT molecular complexity index is 570. The van der Waals surface area contributed by atoms with Crippen molar-refractivity contribution < 1.29 is 0 Å². The fourth-order valence-corrected chi connectivity index (χ4v) is 2.38. The van der Waals surface area contributed by atoms with E-state index in [1.54, 1.807) is 0 Å². The van der Waals surface area contributed by atoms with Crippen LogP contribution >= 0.6 is 23.2 Å². The maximum absolute atomic E-state index is 6.14. The fraction of sp³-hybridized carbons (Fsp3) is 0.400. The van der Waals surface area contributed by atoms with Crippen LogP contribution in [-0.4, -0.2) is 10.9 Å². The van der Waals surface area contributed by atoms with Gasteiger partial charge in [0.1, 0.15) is 5.15 Å². The summed E-state index contributed by atoms with van der Waals surface area (Å²) in [6.45, 7) is 6.62. The lowest BCUT2D eigenvalue weighted by atomic mass is 9.86. The summed E-state index contributed by atoms with van der Waals surface area (Å²) in [4.78, 5) is 4.42. The van der Waals surface area contributed by atoms with Crippen LogP contribution in [0.15, 0.2) is 24.3 Å². The van der Waals surface area contributed by atoms with Gasteiger partial charge in [-0.05, 0) is 41.2 Å². The highest BCUT2D eigenvalue weighted by atomic mass is 35.5. The number of benzene rings is 1. The quantitative estimate of drug-likeness (QED) is 0.560. The van der Waals surface area contributed by atoms with E-state index in [0.717, 1.165) is 22.9 Å². The van der Waals surface area contributed by atoms with Crippen LogP contribution in [0.5, 0.6) is 0 Å². The molecular formula is C15H17Cl2N. The van der Waals surface area contributed by atoms with E-state index in [1.165, 1.54) is 5.56 Å². The van der Waals surface area contributed by atoms with E-state index in [9.17, 15) is 0 Å². The molecule has 2 rings (SSSR count). The first-order valence-electron chi connectivity index (χ1n) is 6.07. The molecule has 0 radical (unpaired) electrons. The average molecular weight is 282 g/mol. The molecule has 0 saturated carbocycles. The summed E-state index contributed by atoms with van der Waals surface area (Å²) < 4.78 is 0. The molecule has 0 spiro atoms. The topological polar surface area (TPSA) is 12.9 Å². The van der Waals surface area contributed by atoms with Crippen molar-refractivity contribution in [2.45, 2.75) is 32.6 Å². The molecule has 0 fully saturated rings. The Hall–Kier alpha value is -0.790. The molecule has 0 N–H and O–H groups in total. The van der Waals surface area contributed by atoms with E-state index in [1.807, 2.05) is 6.07 Å². The molecule has 0 unspecified atom stereocenters. The van der Waals surface area contributed by atoms with Gasteiger partial charge in [0, 0.05) is 11.3 Å². The molecule has 0 amide bonds. The average Bonchev–Trinajstić information content (AvgIpc) is 2.28. The van der Waals surface area contributed by atoms with Crippen molar-refractivity contribution in [3.8, 4) is 0 Å². The van der Waals surface area contributed by atoms with Crippen molar-refractivity contribution >= 4 is 34.1 Å². The third-order valence-electron chi connectivity index (χ3n) is 3.07. The second kappa shape index (κ2) is 5.07. The Kier molecular flexibility index (Phi) is 3.84. The molecule has 1 aromatic carbocycles. The molecule has 0 bridgehead atoms. The monoisotopic (exact) mass is 281 g/mol. The molecule has 2 aromatic rings. The van der Waals surface area contributed by atoms with Crippen molar-refractivity contribution in [3.05, 3.63) is 40.5 Å². The van der Waals surface area contributed by atoms with Crippen LogP contribution in [-0.2, 0) is 11.8 Å². The fourth-order valence-electron chi connectivity index (χ4n) is 1.94. The second-order valence-electron chi connectivity index (χ2n) is 5.53. The number of aromatic nitrogens is 1. The lowest BCUT2D eigenvalue weighted by Gasteiger charge is -2.19. The van der Waals surface area contributed by atoms with Gasteiger partial charge in [0.2, 0.25) is 0 Å². The first-order valence-corrected chi connectivity index (χ1v) is 6.98. The summed E-state index contributed by atoms with van der Waals surface area (Å²) in [5, 5.41) is 1.69. The van der Waals surface area contributed by atoms with Crippen molar-refractivity contribution in [2.24, 2.45) is 0 Å². The molecule has 0 atom stereocenters. The molecule has 96 valence electrons. The van der Waals surface area contributed by atoms with Gasteiger partial charge in [-0.25, -0.2) is 4.98 Å². The summed E-state index contributed by atoms with van der Waals surface area (Å²) in [7, 11) is 0. The van der Waals surface area contributed by atoms with Crippen LogP contribution in [0.1, 0.15) is 31.9 Å². The van der Waals surface area contributed by atoms with Crippen molar-refractivity contribution in [3.63, 3.8) is 0 Å². The van der Waals surface area contributed by atoms with Crippen LogP contribution < -0.4 is 0 Å². The second-order valence-corrected chi connectivity index (χ2v) is 6.27. The number of aryl methyl sites for hydroxylation is 1. The molecule has 1 nitrogen and oxygen atoms in total. The minimum Gasteiger partial charge on any atom is -0.236 e. The minimum atomic E-state index is 0.139. The Morgan fingerprint density at radius 3 is 2.50 bits per heavy atom. The van der Waals surface area contributed by atoms with Gasteiger partial charge < -0.3 is 0 Å². The first kappa shape index (κ1) is 13.6. The zero-order valence-corrected chi connectivity index (χ0v) is 12.4. The van der Waals surface area contributed by atoms with Gasteiger partial charge in [-0.2, -0.15) is 0 Å². The number of fused-ring (bicyclic) bond motifs is 1. The number of hydrogen-bond donors (Lipinski definition) is 0. The highest BCUT2D eigenvalue weighted by Gasteiger charge is 2.14. The van der Waals surface area contributed by atoms with E-state index in [-0.39, 0.29) is 5.41 Å². The Balaban J connectivity index is 2.58. The smallest absolute Gasteiger partial charge is 0.133 e. The molecule has 1 aromatic heterocycles. The van der Waals surface area contributed by atoms with E-state index in [2.05, 4.69) is 44.0 Å². The van der Waals surface area contributed by atoms with Crippen LogP contribution in [0.2, 0.25) is 5.15 Å². The van der Waals surface area contributed by atoms with Gasteiger partial charge >= 0.3 is 0 Å². The van der Waals surface area contributed by atoms with E-state index < -0.39 is 0 Å². The number of rotatable bonds is 2. The van der Waals surface area contributed by atoms with Gasteiger partial charge in [0.05, 0.1) is 5.52 Å². The van der Waals surface area contributed by atoms with E-state index in [4.69, 9.17) is 23.2 Å². The predicted octanol–water partition coefficient (Wildman–Crippen LogP) is 4.97. The number of nitrogens with zero attached hydrogens (tertiary/aromatic N) is 1. The zero-order valence-electron chi connectivity index (χ0n) is 10.9. The summed E-state index contributed by atoms with van der Waals surface area (Å²) in [5.41, 5.74) is 3.40. The van der Waals surface area contributed by atoms with Crippen molar-refractivity contribution in [2.75, 3.05) is 5.88 Å². The lowest BCUT2D eigenvalue weighted by molar-refractivity contribution is 0.591. The van der Waals surface area contributed by atoms with Gasteiger partial charge in [0.15, 0.2) is 0 Å². The van der Waals surface area contributed by atoms with E-state index >= 15 is 0 Å². The third kappa shape index (κ3) is 2.78. The van der Waals surface area contributed by atoms with Crippen LogP contribution in [0.4, 0.5) is 0 Å². The Morgan fingerprint density at radius 1 is 1.17 bits per heavy atom.